The average Bonchev–Trinajstić information content (AvgIpc) is 3.48. The summed E-state index contributed by atoms with van der Waals surface area (Å²) in [6.45, 7) is 1.23. The highest BCUT2D eigenvalue weighted by Gasteiger charge is 2.31. The molecule has 1 amide bonds. The van der Waals surface area contributed by atoms with E-state index in [-0.39, 0.29) is 29.2 Å². The van der Waals surface area contributed by atoms with Crippen LogP contribution in [0.4, 0.5) is 24.9 Å². The Bertz CT molecular complexity index is 1290. The first-order valence-electron chi connectivity index (χ1n) is 10.1. The van der Waals surface area contributed by atoms with Gasteiger partial charge in [0, 0.05) is 24.6 Å². The summed E-state index contributed by atoms with van der Waals surface area (Å²) in [5.74, 6) is 0.367. The van der Waals surface area contributed by atoms with Gasteiger partial charge in [0.05, 0.1) is 5.56 Å². The van der Waals surface area contributed by atoms with E-state index in [0.717, 1.165) is 12.1 Å². The highest BCUT2D eigenvalue weighted by Crippen LogP contribution is 2.31. The van der Waals surface area contributed by atoms with Crippen molar-refractivity contribution in [2.24, 2.45) is 5.92 Å². The molecule has 1 fully saturated rings. The molecule has 4 heterocycles. The van der Waals surface area contributed by atoms with E-state index < -0.39 is 11.7 Å². The topological polar surface area (TPSA) is 130 Å². The number of carbonyl (C=O) groups excluding carboxylic acids is 1. The van der Waals surface area contributed by atoms with Crippen molar-refractivity contribution < 1.29 is 18.0 Å². The Balaban J connectivity index is 1.20. The molecule has 3 aromatic heterocycles. The molecule has 0 radical (unpaired) electrons. The Morgan fingerprint density at radius 3 is 2.76 bits per heavy atom. The molecule has 5 rings (SSSR count). The molecule has 1 aliphatic heterocycles. The third-order valence-electron chi connectivity index (χ3n) is 5.43. The third kappa shape index (κ3) is 4.31. The van der Waals surface area contributed by atoms with Gasteiger partial charge in [-0.05, 0) is 47.5 Å². The number of hydrogen-bond acceptors (Lipinski definition) is 8. The number of piperidine rings is 1. The fourth-order valence-corrected chi connectivity index (χ4v) is 3.68. The summed E-state index contributed by atoms with van der Waals surface area (Å²) >= 11 is 0. The molecule has 11 nitrogen and oxygen atoms in total. The number of anilines is 2. The second-order valence-corrected chi connectivity index (χ2v) is 7.55. The van der Waals surface area contributed by atoms with Crippen LogP contribution in [0.2, 0.25) is 0 Å². The number of rotatable bonds is 4. The van der Waals surface area contributed by atoms with E-state index in [4.69, 9.17) is 0 Å². The standard InChI is InChI=1S/C19H17F3N10O/c20-19(21,22)13-3-1-2-12(10-13)16-23-18(27-26-16)24-17(33)11-6-8-31(9-7-11)15-5-4-14-25-29-30-32(14)28-15/h1-5,10-11H,6-9H2,(H2,23,24,26,27,33). The van der Waals surface area contributed by atoms with Gasteiger partial charge in [0.1, 0.15) is 0 Å². The quantitative estimate of drug-likeness (QED) is 0.476. The summed E-state index contributed by atoms with van der Waals surface area (Å²) in [5, 5.41) is 24.7. The zero-order valence-corrected chi connectivity index (χ0v) is 17.0. The van der Waals surface area contributed by atoms with Crippen LogP contribution < -0.4 is 10.2 Å². The number of carbonyl (C=O) groups is 1. The minimum Gasteiger partial charge on any atom is -0.355 e. The van der Waals surface area contributed by atoms with Gasteiger partial charge < -0.3 is 4.90 Å². The SMILES string of the molecule is O=C(Nc1n[nH]c(-c2cccc(C(F)(F)F)c2)n1)C1CCN(c2ccc3nnnn3n2)CC1. The molecule has 33 heavy (non-hydrogen) atoms. The summed E-state index contributed by atoms with van der Waals surface area (Å²) in [7, 11) is 0. The van der Waals surface area contributed by atoms with Crippen molar-refractivity contribution >= 4 is 23.3 Å². The monoisotopic (exact) mass is 458 g/mol. The van der Waals surface area contributed by atoms with Crippen LogP contribution in [-0.4, -0.2) is 59.4 Å². The van der Waals surface area contributed by atoms with E-state index in [1.165, 1.54) is 16.8 Å². The molecule has 170 valence electrons. The van der Waals surface area contributed by atoms with Gasteiger partial charge in [0.2, 0.25) is 11.9 Å². The molecule has 0 aliphatic carbocycles. The fourth-order valence-electron chi connectivity index (χ4n) is 3.68. The Hall–Kier alpha value is -4.10. The van der Waals surface area contributed by atoms with E-state index in [1.807, 2.05) is 11.0 Å². The van der Waals surface area contributed by atoms with Crippen molar-refractivity contribution in [1.29, 1.82) is 0 Å². The lowest BCUT2D eigenvalue weighted by Gasteiger charge is -2.31. The van der Waals surface area contributed by atoms with E-state index in [1.54, 1.807) is 6.07 Å². The van der Waals surface area contributed by atoms with Crippen LogP contribution in [-0.2, 0) is 11.0 Å². The Kier molecular flexibility index (Phi) is 5.11. The van der Waals surface area contributed by atoms with Crippen molar-refractivity contribution in [3.05, 3.63) is 42.0 Å². The lowest BCUT2D eigenvalue weighted by molar-refractivity contribution is -0.137. The van der Waals surface area contributed by atoms with E-state index in [0.29, 0.717) is 37.4 Å². The van der Waals surface area contributed by atoms with E-state index >= 15 is 0 Å². The van der Waals surface area contributed by atoms with Crippen LogP contribution >= 0.6 is 0 Å². The summed E-state index contributed by atoms with van der Waals surface area (Å²) in [6, 6.07) is 8.33. The van der Waals surface area contributed by atoms with Crippen LogP contribution in [0.25, 0.3) is 17.0 Å². The minimum absolute atomic E-state index is 0.0145. The number of aromatic nitrogens is 8. The van der Waals surface area contributed by atoms with Gasteiger partial charge in [-0.3, -0.25) is 15.2 Å². The molecule has 1 aromatic carbocycles. The summed E-state index contributed by atoms with van der Waals surface area (Å²) in [5.41, 5.74) is -0.0235. The Morgan fingerprint density at radius 1 is 1.15 bits per heavy atom. The first kappa shape index (κ1) is 20.8. The maximum Gasteiger partial charge on any atom is 0.416 e. The number of aromatic amines is 1. The molecule has 14 heteroatoms. The maximum atomic E-state index is 12.9. The minimum atomic E-state index is -4.46. The summed E-state index contributed by atoms with van der Waals surface area (Å²) in [4.78, 5) is 18.8. The molecule has 4 aromatic rings. The second-order valence-electron chi connectivity index (χ2n) is 7.55. The highest BCUT2D eigenvalue weighted by atomic mass is 19.4. The number of benzene rings is 1. The van der Waals surface area contributed by atoms with Crippen molar-refractivity contribution in [3.63, 3.8) is 0 Å². The fraction of sp³-hybridized carbons (Fsp3) is 0.316. The number of H-pyrrole nitrogens is 1. The van der Waals surface area contributed by atoms with Crippen LogP contribution in [0.3, 0.4) is 0 Å². The average molecular weight is 458 g/mol. The van der Waals surface area contributed by atoms with Crippen molar-refractivity contribution in [3.8, 4) is 11.4 Å². The van der Waals surface area contributed by atoms with Gasteiger partial charge in [-0.1, -0.05) is 12.1 Å². The van der Waals surface area contributed by atoms with Gasteiger partial charge in [0.15, 0.2) is 17.3 Å². The van der Waals surface area contributed by atoms with Gasteiger partial charge in [-0.2, -0.15) is 18.2 Å². The zero-order chi connectivity index (χ0) is 23.0. The van der Waals surface area contributed by atoms with Crippen LogP contribution in [0, 0.1) is 5.92 Å². The first-order valence-corrected chi connectivity index (χ1v) is 10.1. The number of hydrogen-bond donors (Lipinski definition) is 2. The van der Waals surface area contributed by atoms with Crippen LogP contribution in [0.1, 0.15) is 18.4 Å². The Labute approximate surface area is 184 Å². The van der Waals surface area contributed by atoms with E-state index in [2.05, 4.69) is 41.1 Å². The van der Waals surface area contributed by atoms with Gasteiger partial charge in [-0.25, -0.2) is 0 Å². The molecular formula is C19H17F3N10O. The lowest BCUT2D eigenvalue weighted by Crippen LogP contribution is -2.38. The molecule has 1 saturated heterocycles. The summed E-state index contributed by atoms with van der Waals surface area (Å²) < 4.78 is 40.2. The second kappa shape index (κ2) is 8.11. The van der Waals surface area contributed by atoms with Crippen molar-refractivity contribution in [2.45, 2.75) is 19.0 Å². The number of tetrazole rings is 1. The first-order chi connectivity index (χ1) is 15.9. The zero-order valence-electron chi connectivity index (χ0n) is 17.0. The molecule has 0 spiro atoms. The van der Waals surface area contributed by atoms with Crippen LogP contribution in [0.5, 0.6) is 0 Å². The predicted octanol–water partition coefficient (Wildman–Crippen LogP) is 2.18. The molecule has 0 bridgehead atoms. The molecule has 0 saturated carbocycles. The number of alkyl halides is 3. The normalized spacial score (nSPS) is 15.2. The number of halogens is 3. The summed E-state index contributed by atoms with van der Waals surface area (Å²) in [6.07, 6.45) is -3.28. The molecule has 0 atom stereocenters. The number of nitrogens with one attached hydrogen (secondary N) is 2. The smallest absolute Gasteiger partial charge is 0.355 e. The molecule has 2 N–H and O–H groups in total. The third-order valence-corrected chi connectivity index (χ3v) is 5.43. The van der Waals surface area contributed by atoms with Gasteiger partial charge in [-0.15, -0.1) is 19.9 Å². The Morgan fingerprint density at radius 2 is 1.97 bits per heavy atom. The van der Waals surface area contributed by atoms with E-state index in [9.17, 15) is 18.0 Å². The number of amides is 1. The maximum absolute atomic E-state index is 12.9. The van der Waals surface area contributed by atoms with Crippen molar-refractivity contribution in [2.75, 3.05) is 23.3 Å². The van der Waals surface area contributed by atoms with Crippen LogP contribution in [0.15, 0.2) is 36.4 Å². The van der Waals surface area contributed by atoms with Crippen molar-refractivity contribution in [1.82, 2.24) is 40.4 Å². The lowest BCUT2D eigenvalue weighted by atomic mass is 9.96. The number of fused-ring (bicyclic) bond motifs is 1. The highest BCUT2D eigenvalue weighted by molar-refractivity contribution is 5.91. The largest absolute Gasteiger partial charge is 0.416 e. The van der Waals surface area contributed by atoms with Gasteiger partial charge in [0.25, 0.3) is 0 Å². The molecule has 0 unspecified atom stereocenters. The van der Waals surface area contributed by atoms with Gasteiger partial charge >= 0.3 is 6.18 Å². The number of nitrogens with zero attached hydrogens (tertiary/aromatic N) is 8. The predicted molar refractivity (Wildman–Crippen MR) is 109 cm³/mol. The molecule has 1 aliphatic rings. The molecular weight excluding hydrogens is 441 g/mol.